The van der Waals surface area contributed by atoms with E-state index in [0.717, 1.165) is 16.5 Å². The van der Waals surface area contributed by atoms with Gasteiger partial charge >= 0.3 is 0 Å². The van der Waals surface area contributed by atoms with E-state index in [1.165, 1.54) is 106 Å². The molecule has 3 fully saturated rings. The van der Waals surface area contributed by atoms with Gasteiger partial charge in [0, 0.05) is 6.04 Å². The average Bonchev–Trinajstić information content (AvgIpc) is 3.64. The Bertz CT molecular complexity index is 1280. The van der Waals surface area contributed by atoms with Gasteiger partial charge in [-0.1, -0.05) is 63.1 Å². The molecule has 0 N–H and O–H groups in total. The van der Waals surface area contributed by atoms with Crippen molar-refractivity contribution >= 4 is 10.8 Å². The van der Waals surface area contributed by atoms with Gasteiger partial charge in [0.15, 0.2) is 6.17 Å². The van der Waals surface area contributed by atoms with E-state index >= 15 is 0 Å². The fourth-order valence-electron chi connectivity index (χ4n) is 7.43. The molecule has 0 radical (unpaired) electrons. The Morgan fingerprint density at radius 3 is 2.06 bits per heavy atom. The van der Waals surface area contributed by atoms with Crippen molar-refractivity contribution in [1.82, 2.24) is 0 Å². The summed E-state index contributed by atoms with van der Waals surface area (Å²) in [5.41, 5.74) is 8.28. The molecule has 178 valence electrons. The minimum Gasteiger partial charge on any atom is -0.200 e. The predicted molar refractivity (Wildman–Crippen MR) is 144 cm³/mol. The van der Waals surface area contributed by atoms with Crippen LogP contribution in [-0.4, -0.2) is 0 Å². The molecule has 3 aliphatic carbocycles. The molecule has 2 aromatic carbocycles. The third-order valence-electron chi connectivity index (χ3n) is 9.42. The van der Waals surface area contributed by atoms with Crippen molar-refractivity contribution in [2.75, 3.05) is 0 Å². The second-order valence-corrected chi connectivity index (χ2v) is 11.5. The standard InChI is InChI=1S/C33H42N/c1-23-31(26-14-8-9-15-26)21-29(25-12-6-7-13-25)22-32(23)33-30-17-16-27(24-10-4-3-5-11-24)20-28(30)18-19-34(33)2/h16-22,24-26H,3-15H2,1-2H3/q+1/i18D,19D. The van der Waals surface area contributed by atoms with E-state index < -0.39 is 0 Å². The van der Waals surface area contributed by atoms with E-state index in [1.54, 1.807) is 5.56 Å². The number of rotatable bonds is 4. The Balaban J connectivity index is 1.56. The van der Waals surface area contributed by atoms with Crippen LogP contribution in [0, 0.1) is 6.92 Å². The van der Waals surface area contributed by atoms with Crippen LogP contribution in [0.4, 0.5) is 0 Å². The molecule has 1 heterocycles. The molecule has 3 aromatic rings. The molecule has 0 spiro atoms. The van der Waals surface area contributed by atoms with Crippen molar-refractivity contribution in [3.8, 4) is 11.3 Å². The van der Waals surface area contributed by atoms with Gasteiger partial charge in [0.2, 0.25) is 5.69 Å². The minimum absolute atomic E-state index is 0.325. The second kappa shape index (κ2) is 9.48. The molecule has 0 atom stereocenters. The van der Waals surface area contributed by atoms with Crippen LogP contribution < -0.4 is 4.57 Å². The van der Waals surface area contributed by atoms with Crippen molar-refractivity contribution in [2.24, 2.45) is 7.05 Å². The first-order valence-corrected chi connectivity index (χ1v) is 14.1. The topological polar surface area (TPSA) is 3.88 Å². The molecule has 1 aromatic heterocycles. The third kappa shape index (κ3) is 4.10. The summed E-state index contributed by atoms with van der Waals surface area (Å²) in [7, 11) is 2.00. The van der Waals surface area contributed by atoms with Gasteiger partial charge in [-0.15, -0.1) is 0 Å². The highest BCUT2D eigenvalue weighted by atomic mass is 14.9. The monoisotopic (exact) mass is 454 g/mol. The lowest BCUT2D eigenvalue weighted by Crippen LogP contribution is -2.31. The maximum atomic E-state index is 8.92. The molecule has 0 aliphatic heterocycles. The minimum atomic E-state index is 0.325. The molecule has 34 heavy (non-hydrogen) atoms. The Hall–Kier alpha value is -2.15. The molecule has 3 aliphatic rings. The number of nitrogens with zero attached hydrogens (tertiary/aromatic N) is 1. The van der Waals surface area contributed by atoms with Gasteiger partial charge < -0.3 is 0 Å². The Kier molecular flexibility index (Phi) is 5.60. The molecule has 0 bridgehead atoms. The van der Waals surface area contributed by atoms with Gasteiger partial charge in [0.25, 0.3) is 0 Å². The molecule has 3 saturated carbocycles. The zero-order valence-corrected chi connectivity index (χ0v) is 21.3. The van der Waals surface area contributed by atoms with Crippen LogP contribution in [0.1, 0.15) is 126 Å². The van der Waals surface area contributed by atoms with E-state index in [9.17, 15) is 0 Å². The van der Waals surface area contributed by atoms with Gasteiger partial charge in [0.05, 0.1) is 12.3 Å². The van der Waals surface area contributed by atoms with Crippen LogP contribution in [-0.2, 0) is 7.05 Å². The zero-order chi connectivity index (χ0) is 24.8. The Morgan fingerprint density at radius 2 is 1.35 bits per heavy atom. The van der Waals surface area contributed by atoms with E-state index in [1.807, 2.05) is 11.6 Å². The lowest BCUT2D eigenvalue weighted by Gasteiger charge is -2.23. The Morgan fingerprint density at radius 1 is 0.735 bits per heavy atom. The summed E-state index contributed by atoms with van der Waals surface area (Å²) in [5.74, 6) is 1.95. The first-order chi connectivity index (χ1) is 17.5. The summed E-state index contributed by atoms with van der Waals surface area (Å²) in [4.78, 5) is 0. The summed E-state index contributed by atoms with van der Waals surface area (Å²) < 4.78 is 19.8. The summed E-state index contributed by atoms with van der Waals surface area (Å²) >= 11 is 0. The quantitative estimate of drug-likeness (QED) is 0.346. The highest BCUT2D eigenvalue weighted by Crippen LogP contribution is 2.44. The van der Waals surface area contributed by atoms with Gasteiger partial charge in [-0.2, -0.15) is 0 Å². The summed E-state index contributed by atoms with van der Waals surface area (Å²) in [6.07, 6.45) is 17.4. The molecular weight excluding hydrogens is 410 g/mol. The molecule has 6 rings (SSSR count). The van der Waals surface area contributed by atoms with E-state index in [-0.39, 0.29) is 0 Å². The molecular formula is C33H42N+. The molecule has 0 amide bonds. The molecule has 1 heteroatoms. The van der Waals surface area contributed by atoms with Crippen LogP contribution in [0.5, 0.6) is 0 Å². The van der Waals surface area contributed by atoms with Crippen LogP contribution in [0.3, 0.4) is 0 Å². The van der Waals surface area contributed by atoms with Crippen LogP contribution in [0.2, 0.25) is 0 Å². The SMILES string of the molecule is [2H]c1c([2H])[n+](C)c(-c2cc(C3CCCC3)cc(C3CCCC3)c2C)c2ccc(C3CCCCC3)cc12. The van der Waals surface area contributed by atoms with Crippen molar-refractivity contribution in [1.29, 1.82) is 0 Å². The number of pyridine rings is 1. The number of benzene rings is 2. The first kappa shape index (κ1) is 20.1. The van der Waals surface area contributed by atoms with Crippen molar-refractivity contribution in [3.63, 3.8) is 0 Å². The highest BCUT2D eigenvalue weighted by Gasteiger charge is 2.27. The zero-order valence-electron chi connectivity index (χ0n) is 23.3. The third-order valence-corrected chi connectivity index (χ3v) is 9.42. The first-order valence-electron chi connectivity index (χ1n) is 15.1. The number of fused-ring (bicyclic) bond motifs is 1. The number of aromatic nitrogens is 1. The maximum Gasteiger partial charge on any atom is 0.220 e. The smallest absolute Gasteiger partial charge is 0.200 e. The van der Waals surface area contributed by atoms with Gasteiger partial charge in [-0.3, -0.25) is 0 Å². The maximum absolute atomic E-state index is 8.92. The molecule has 0 unspecified atom stereocenters. The van der Waals surface area contributed by atoms with Crippen molar-refractivity contribution in [2.45, 2.75) is 108 Å². The largest absolute Gasteiger partial charge is 0.220 e. The number of hydrogen-bond acceptors (Lipinski definition) is 0. The fraction of sp³-hybridized carbons (Fsp3) is 0.545. The van der Waals surface area contributed by atoms with Crippen molar-refractivity contribution in [3.05, 3.63) is 64.8 Å². The van der Waals surface area contributed by atoms with Crippen LogP contribution in [0.15, 0.2) is 42.5 Å². The van der Waals surface area contributed by atoms with Crippen molar-refractivity contribution < 1.29 is 7.31 Å². The van der Waals surface area contributed by atoms with E-state index in [0.29, 0.717) is 30.0 Å². The van der Waals surface area contributed by atoms with E-state index in [4.69, 9.17) is 2.74 Å². The normalized spacial score (nSPS) is 21.4. The number of hydrogen-bond donors (Lipinski definition) is 0. The lowest BCUT2D eigenvalue weighted by molar-refractivity contribution is -0.659. The average molecular weight is 455 g/mol. The molecule has 1 nitrogen and oxygen atoms in total. The lowest BCUT2D eigenvalue weighted by atomic mass is 9.82. The van der Waals surface area contributed by atoms with Gasteiger partial charge in [-0.05, 0) is 103 Å². The van der Waals surface area contributed by atoms with Crippen LogP contribution >= 0.6 is 0 Å². The fourth-order valence-corrected chi connectivity index (χ4v) is 7.43. The summed E-state index contributed by atoms with van der Waals surface area (Å²) in [6.45, 7) is 2.32. The van der Waals surface area contributed by atoms with E-state index in [2.05, 4.69) is 37.3 Å². The molecule has 0 saturated heterocycles. The van der Waals surface area contributed by atoms with Crippen LogP contribution in [0.25, 0.3) is 22.0 Å². The summed E-state index contributed by atoms with van der Waals surface area (Å²) in [6, 6.07) is 12.3. The Labute approximate surface area is 209 Å². The predicted octanol–water partition coefficient (Wildman–Crippen LogP) is 9.00. The highest BCUT2D eigenvalue weighted by molar-refractivity contribution is 5.94. The van der Waals surface area contributed by atoms with Gasteiger partial charge in [0.1, 0.15) is 8.42 Å². The second-order valence-electron chi connectivity index (χ2n) is 11.5. The van der Waals surface area contributed by atoms with Gasteiger partial charge in [-0.25, -0.2) is 4.57 Å². The summed E-state index contributed by atoms with van der Waals surface area (Å²) in [5, 5.41) is 2.10.